The summed E-state index contributed by atoms with van der Waals surface area (Å²) in [6, 6.07) is 17.0. The first-order valence-electron chi connectivity index (χ1n) is 8.60. The van der Waals surface area contributed by atoms with E-state index in [1.54, 1.807) is 20.2 Å². The van der Waals surface area contributed by atoms with Gasteiger partial charge in [0.25, 0.3) is 5.91 Å². The van der Waals surface area contributed by atoms with Gasteiger partial charge in [0.1, 0.15) is 15.6 Å². The summed E-state index contributed by atoms with van der Waals surface area (Å²) in [5.74, 6) is 0.528. The van der Waals surface area contributed by atoms with E-state index in [9.17, 15) is 9.90 Å². The van der Waals surface area contributed by atoms with Gasteiger partial charge in [-0.25, -0.2) is 4.98 Å². The highest BCUT2D eigenvalue weighted by Crippen LogP contribution is 2.29. The first kappa shape index (κ1) is 19.1. The number of amides is 1. The lowest BCUT2D eigenvalue weighted by Gasteiger charge is -2.21. The van der Waals surface area contributed by atoms with Gasteiger partial charge in [0.15, 0.2) is 0 Å². The molecule has 0 radical (unpaired) electrons. The second-order valence-electron chi connectivity index (χ2n) is 6.28. The number of carbonyl (C=O) groups excluding carboxylic acids is 1. The number of nitrogens with zero attached hydrogens (tertiary/aromatic N) is 2. The number of aryl methyl sites for hydroxylation is 1. The lowest BCUT2D eigenvalue weighted by atomic mass is 10.1. The fourth-order valence-corrected chi connectivity index (χ4v) is 3.84. The van der Waals surface area contributed by atoms with Crippen LogP contribution in [0.15, 0.2) is 54.6 Å². The van der Waals surface area contributed by atoms with Crippen LogP contribution in [0.1, 0.15) is 27.0 Å². The van der Waals surface area contributed by atoms with Crippen molar-refractivity contribution >= 4 is 17.2 Å². The topological polar surface area (TPSA) is 62.7 Å². The average molecular weight is 382 g/mol. The van der Waals surface area contributed by atoms with E-state index in [0.29, 0.717) is 21.9 Å². The van der Waals surface area contributed by atoms with E-state index in [1.807, 2.05) is 55.5 Å². The summed E-state index contributed by atoms with van der Waals surface area (Å²) < 4.78 is 5.19. The second kappa shape index (κ2) is 8.33. The van der Waals surface area contributed by atoms with Gasteiger partial charge in [-0.3, -0.25) is 4.79 Å². The van der Waals surface area contributed by atoms with Crippen molar-refractivity contribution in [3.05, 3.63) is 70.7 Å². The van der Waals surface area contributed by atoms with E-state index in [2.05, 4.69) is 4.98 Å². The van der Waals surface area contributed by atoms with E-state index < -0.39 is 6.10 Å². The molecule has 0 aliphatic rings. The zero-order valence-corrected chi connectivity index (χ0v) is 16.4. The predicted molar refractivity (Wildman–Crippen MR) is 107 cm³/mol. The van der Waals surface area contributed by atoms with Crippen molar-refractivity contribution in [1.29, 1.82) is 0 Å². The number of aromatic nitrogens is 1. The standard InChI is InChI=1S/C21H22N2O3S/c1-14-19(27-20(22-14)15-8-5-4-6-9-15)21(25)23(2)13-18(24)16-10-7-11-17(12-16)26-3/h4-12,18,24H,13H2,1-3H3. The first-order chi connectivity index (χ1) is 13.0. The Morgan fingerprint density at radius 2 is 1.96 bits per heavy atom. The highest BCUT2D eigenvalue weighted by Gasteiger charge is 2.22. The molecule has 0 saturated carbocycles. The number of thiazole rings is 1. The maximum Gasteiger partial charge on any atom is 0.265 e. The number of carbonyl (C=O) groups is 1. The van der Waals surface area contributed by atoms with Gasteiger partial charge in [-0.05, 0) is 24.6 Å². The predicted octanol–water partition coefficient (Wildman–Crippen LogP) is 3.93. The number of benzene rings is 2. The summed E-state index contributed by atoms with van der Waals surface area (Å²) >= 11 is 1.37. The van der Waals surface area contributed by atoms with Gasteiger partial charge in [-0.2, -0.15) is 0 Å². The average Bonchev–Trinajstić information content (AvgIpc) is 3.09. The van der Waals surface area contributed by atoms with E-state index in [4.69, 9.17) is 4.74 Å². The number of likely N-dealkylation sites (N-methyl/N-ethyl adjacent to an activating group) is 1. The summed E-state index contributed by atoms with van der Waals surface area (Å²) in [6.45, 7) is 2.02. The van der Waals surface area contributed by atoms with Gasteiger partial charge in [0, 0.05) is 12.6 Å². The Morgan fingerprint density at radius 1 is 1.22 bits per heavy atom. The maximum atomic E-state index is 12.9. The molecule has 5 nitrogen and oxygen atoms in total. The monoisotopic (exact) mass is 382 g/mol. The van der Waals surface area contributed by atoms with Gasteiger partial charge < -0.3 is 14.7 Å². The zero-order chi connectivity index (χ0) is 19.4. The lowest BCUT2D eigenvalue weighted by Crippen LogP contribution is -2.31. The summed E-state index contributed by atoms with van der Waals surface area (Å²) in [5.41, 5.74) is 2.40. The van der Waals surface area contributed by atoms with Crippen LogP contribution in [0, 0.1) is 6.92 Å². The smallest absolute Gasteiger partial charge is 0.265 e. The minimum Gasteiger partial charge on any atom is -0.497 e. The molecule has 3 rings (SSSR count). The molecule has 1 unspecified atom stereocenters. The van der Waals surface area contributed by atoms with Gasteiger partial charge >= 0.3 is 0 Å². The highest BCUT2D eigenvalue weighted by atomic mass is 32.1. The van der Waals surface area contributed by atoms with Crippen LogP contribution in [0.3, 0.4) is 0 Å². The molecule has 0 bridgehead atoms. The van der Waals surface area contributed by atoms with Crippen molar-refractivity contribution in [3.8, 4) is 16.3 Å². The molecule has 1 aromatic heterocycles. The Morgan fingerprint density at radius 3 is 2.67 bits per heavy atom. The van der Waals surface area contributed by atoms with Crippen molar-refractivity contribution in [2.24, 2.45) is 0 Å². The van der Waals surface area contributed by atoms with Crippen LogP contribution in [0.2, 0.25) is 0 Å². The SMILES string of the molecule is COc1cccc(C(O)CN(C)C(=O)c2sc(-c3ccccc3)nc2C)c1. The molecule has 0 aliphatic carbocycles. The molecule has 6 heteroatoms. The minimum atomic E-state index is -0.795. The molecule has 0 spiro atoms. The number of methoxy groups -OCH3 is 1. The molecular formula is C21H22N2O3S. The Bertz CT molecular complexity index is 924. The third kappa shape index (κ3) is 4.35. The van der Waals surface area contributed by atoms with E-state index in [0.717, 1.165) is 10.6 Å². The molecule has 1 atom stereocenters. The molecule has 0 saturated heterocycles. The number of aliphatic hydroxyl groups excluding tert-OH is 1. The quantitative estimate of drug-likeness (QED) is 0.702. The Hall–Kier alpha value is -2.70. The van der Waals surface area contributed by atoms with Crippen LogP contribution in [0.5, 0.6) is 5.75 Å². The minimum absolute atomic E-state index is 0.144. The molecule has 3 aromatic rings. The Balaban J connectivity index is 1.74. The van der Waals surface area contributed by atoms with Crippen LogP contribution < -0.4 is 4.74 Å². The fraction of sp³-hybridized carbons (Fsp3) is 0.238. The summed E-state index contributed by atoms with van der Waals surface area (Å²) in [6.07, 6.45) is -0.795. The molecule has 0 aliphatic heterocycles. The second-order valence-corrected chi connectivity index (χ2v) is 7.28. The van der Waals surface area contributed by atoms with Crippen molar-refractivity contribution < 1.29 is 14.6 Å². The first-order valence-corrected chi connectivity index (χ1v) is 9.41. The summed E-state index contributed by atoms with van der Waals surface area (Å²) in [4.78, 5) is 19.5. The molecule has 140 valence electrons. The molecule has 0 fully saturated rings. The Kier molecular flexibility index (Phi) is 5.88. The Labute approximate surface area is 162 Å². The largest absolute Gasteiger partial charge is 0.497 e. The molecule has 2 aromatic carbocycles. The molecular weight excluding hydrogens is 360 g/mol. The normalized spacial score (nSPS) is 11.9. The van der Waals surface area contributed by atoms with E-state index in [1.165, 1.54) is 16.2 Å². The van der Waals surface area contributed by atoms with Crippen LogP contribution in [-0.2, 0) is 0 Å². The van der Waals surface area contributed by atoms with Gasteiger partial charge in [-0.1, -0.05) is 42.5 Å². The van der Waals surface area contributed by atoms with Crippen molar-refractivity contribution in [2.45, 2.75) is 13.0 Å². The van der Waals surface area contributed by atoms with Crippen molar-refractivity contribution in [3.63, 3.8) is 0 Å². The van der Waals surface area contributed by atoms with E-state index >= 15 is 0 Å². The molecule has 27 heavy (non-hydrogen) atoms. The zero-order valence-electron chi connectivity index (χ0n) is 15.5. The van der Waals surface area contributed by atoms with Crippen LogP contribution >= 0.6 is 11.3 Å². The fourth-order valence-electron chi connectivity index (χ4n) is 2.77. The molecule has 1 heterocycles. The third-order valence-electron chi connectivity index (χ3n) is 4.28. The summed E-state index contributed by atoms with van der Waals surface area (Å²) in [5, 5.41) is 11.3. The van der Waals surface area contributed by atoms with Crippen LogP contribution in [-0.4, -0.2) is 41.6 Å². The molecule has 1 amide bonds. The lowest BCUT2D eigenvalue weighted by molar-refractivity contribution is 0.0684. The van der Waals surface area contributed by atoms with Crippen LogP contribution in [0.25, 0.3) is 10.6 Å². The van der Waals surface area contributed by atoms with Crippen molar-refractivity contribution in [1.82, 2.24) is 9.88 Å². The number of hydrogen-bond donors (Lipinski definition) is 1. The van der Waals surface area contributed by atoms with Gasteiger partial charge in [-0.15, -0.1) is 11.3 Å². The van der Waals surface area contributed by atoms with Gasteiger partial charge in [0.2, 0.25) is 0 Å². The summed E-state index contributed by atoms with van der Waals surface area (Å²) in [7, 11) is 3.27. The number of aliphatic hydroxyl groups is 1. The van der Waals surface area contributed by atoms with Crippen LogP contribution in [0.4, 0.5) is 0 Å². The maximum absolute atomic E-state index is 12.9. The van der Waals surface area contributed by atoms with Gasteiger partial charge in [0.05, 0.1) is 25.5 Å². The number of rotatable bonds is 6. The molecule has 1 N–H and O–H groups in total. The number of hydrogen-bond acceptors (Lipinski definition) is 5. The number of ether oxygens (including phenoxy) is 1. The highest BCUT2D eigenvalue weighted by molar-refractivity contribution is 7.17. The van der Waals surface area contributed by atoms with E-state index in [-0.39, 0.29) is 12.5 Å². The van der Waals surface area contributed by atoms with Crippen molar-refractivity contribution in [2.75, 3.05) is 20.7 Å². The third-order valence-corrected chi connectivity index (χ3v) is 5.48.